The minimum atomic E-state index is -3.19. The summed E-state index contributed by atoms with van der Waals surface area (Å²) in [7, 11) is 5.68. The molecule has 2 fully saturated rings. The highest BCUT2D eigenvalue weighted by atomic mass is 31.0. The topological polar surface area (TPSA) is 61.4 Å². The lowest BCUT2D eigenvalue weighted by atomic mass is 9.69. The second-order valence-electron chi connectivity index (χ2n) is 8.97. The molecule has 2 aromatic rings. The van der Waals surface area contributed by atoms with Gasteiger partial charge in [0.25, 0.3) is 0 Å². The number of amides is 2. The summed E-state index contributed by atoms with van der Waals surface area (Å²) in [5.41, 5.74) is -1.73. The molecule has 2 heterocycles. The summed E-state index contributed by atoms with van der Waals surface area (Å²) in [4.78, 5) is 24.1. The van der Waals surface area contributed by atoms with Crippen molar-refractivity contribution in [2.75, 3.05) is 25.5 Å². The summed E-state index contributed by atoms with van der Waals surface area (Å²) in [5.74, 6) is -0.579. The Bertz CT molecular complexity index is 925. The zero-order valence-electron chi connectivity index (χ0n) is 17.8. The average molecular weight is 447 g/mol. The number of likely N-dealkylation sites (N-methyl/N-ethyl adjacent to an activating group) is 1. The normalized spacial score (nSPS) is 26.5. The maximum absolute atomic E-state index is 13.4. The highest BCUT2D eigenvalue weighted by Crippen LogP contribution is 2.42. The van der Waals surface area contributed by atoms with Crippen LogP contribution >= 0.6 is 9.24 Å². The van der Waals surface area contributed by atoms with E-state index in [9.17, 15) is 13.6 Å². The molecule has 0 bridgehead atoms. The average Bonchev–Trinajstić information content (AvgIpc) is 3.06. The SMILES string of the molecule is CN(C)C1(Cc2ccccc2)CCC2(CC1)CN(c1cnc(C(F)(F)P)nc1)C(=O)N2. The summed E-state index contributed by atoms with van der Waals surface area (Å²) < 4.78 is 26.7. The van der Waals surface area contributed by atoms with Gasteiger partial charge in [0, 0.05) is 5.54 Å². The molecule has 0 radical (unpaired) electrons. The quantitative estimate of drug-likeness (QED) is 0.709. The van der Waals surface area contributed by atoms with E-state index in [1.54, 1.807) is 4.90 Å². The monoisotopic (exact) mass is 447 g/mol. The highest BCUT2D eigenvalue weighted by Gasteiger charge is 2.49. The predicted octanol–water partition coefficient (Wildman–Crippen LogP) is 3.79. The molecule has 2 amide bonds. The van der Waals surface area contributed by atoms with Crippen LogP contribution in [0.3, 0.4) is 0 Å². The molecule has 6 nitrogen and oxygen atoms in total. The van der Waals surface area contributed by atoms with Gasteiger partial charge in [-0.05, 0) is 51.8 Å². The smallest absolute Gasteiger partial charge is 0.322 e. The van der Waals surface area contributed by atoms with Gasteiger partial charge in [-0.3, -0.25) is 4.90 Å². The number of urea groups is 1. The fourth-order valence-corrected chi connectivity index (χ4v) is 4.93. The lowest BCUT2D eigenvalue weighted by Gasteiger charge is -2.48. The van der Waals surface area contributed by atoms with Crippen LogP contribution in [0.25, 0.3) is 0 Å². The molecular formula is C22H28F2N5OP. The number of halogens is 2. The van der Waals surface area contributed by atoms with E-state index >= 15 is 0 Å². The number of aromatic nitrogens is 2. The number of carbonyl (C=O) groups excluding carboxylic acids is 1. The van der Waals surface area contributed by atoms with Crippen LogP contribution in [0.5, 0.6) is 0 Å². The van der Waals surface area contributed by atoms with Gasteiger partial charge in [-0.1, -0.05) is 39.6 Å². The number of alkyl halides is 2. The first-order chi connectivity index (χ1) is 14.6. The lowest BCUT2D eigenvalue weighted by Crippen LogP contribution is -2.56. The third kappa shape index (κ3) is 4.41. The van der Waals surface area contributed by atoms with Gasteiger partial charge < -0.3 is 10.2 Å². The van der Waals surface area contributed by atoms with E-state index in [4.69, 9.17) is 0 Å². The van der Waals surface area contributed by atoms with Crippen molar-refractivity contribution >= 4 is 21.0 Å². The van der Waals surface area contributed by atoms with Gasteiger partial charge in [0.1, 0.15) is 0 Å². The zero-order valence-corrected chi connectivity index (χ0v) is 19.0. The Morgan fingerprint density at radius 1 is 1.13 bits per heavy atom. The van der Waals surface area contributed by atoms with Gasteiger partial charge in [-0.2, -0.15) is 8.78 Å². The molecule has 4 rings (SSSR count). The van der Waals surface area contributed by atoms with Crippen molar-refractivity contribution in [3.05, 3.63) is 54.1 Å². The molecule has 1 unspecified atom stereocenters. The molecule has 1 saturated carbocycles. The summed E-state index contributed by atoms with van der Waals surface area (Å²) in [6.45, 7) is 0.487. The second-order valence-corrected chi connectivity index (χ2v) is 9.69. The van der Waals surface area contributed by atoms with Crippen LogP contribution < -0.4 is 10.2 Å². The number of carbonyl (C=O) groups is 1. The van der Waals surface area contributed by atoms with Crippen molar-refractivity contribution in [1.29, 1.82) is 0 Å². The minimum absolute atomic E-state index is 0.0416. The molecule has 1 spiro atoms. The molecular weight excluding hydrogens is 419 g/mol. The van der Waals surface area contributed by atoms with Crippen molar-refractivity contribution in [1.82, 2.24) is 20.2 Å². The van der Waals surface area contributed by atoms with Crippen LogP contribution in [0.2, 0.25) is 0 Å². The molecule has 1 aliphatic carbocycles. The molecule has 1 aliphatic heterocycles. The second kappa shape index (κ2) is 8.06. The van der Waals surface area contributed by atoms with Crippen LogP contribution in [0.4, 0.5) is 19.3 Å². The van der Waals surface area contributed by atoms with Crippen LogP contribution in [0.15, 0.2) is 42.7 Å². The van der Waals surface area contributed by atoms with Gasteiger partial charge in [0.05, 0.1) is 30.2 Å². The van der Waals surface area contributed by atoms with Crippen LogP contribution in [-0.2, 0) is 12.1 Å². The van der Waals surface area contributed by atoms with E-state index < -0.39 is 11.5 Å². The maximum Gasteiger partial charge on any atom is 0.322 e. The first-order valence-corrected chi connectivity index (χ1v) is 11.0. The van der Waals surface area contributed by atoms with E-state index in [0.717, 1.165) is 32.1 Å². The number of anilines is 1. The van der Waals surface area contributed by atoms with E-state index in [2.05, 4.69) is 58.5 Å². The molecule has 2 aliphatic rings. The largest absolute Gasteiger partial charge is 0.330 e. The standard InChI is InChI=1S/C22H28F2N5OP/c1-28(2)21(12-16-6-4-3-5-7-16)10-8-20(9-11-21)15-29(19(30)27-20)17-13-25-18(26-14-17)22(23,24)31/h3-7,13-14H,8-12,15,31H2,1-2H3,(H,27,30). The van der Waals surface area contributed by atoms with Gasteiger partial charge in [-0.25, -0.2) is 14.8 Å². The van der Waals surface area contributed by atoms with E-state index in [-0.39, 0.29) is 17.1 Å². The van der Waals surface area contributed by atoms with Crippen molar-refractivity contribution in [2.24, 2.45) is 0 Å². The Morgan fingerprint density at radius 2 is 1.74 bits per heavy atom. The first-order valence-electron chi connectivity index (χ1n) is 10.4. The molecule has 31 heavy (non-hydrogen) atoms. The third-order valence-electron chi connectivity index (χ3n) is 6.79. The van der Waals surface area contributed by atoms with E-state index in [1.165, 1.54) is 27.2 Å². The molecule has 166 valence electrons. The first kappa shape index (κ1) is 22.0. The number of nitrogens with one attached hydrogen (secondary N) is 1. The van der Waals surface area contributed by atoms with E-state index in [1.807, 2.05) is 6.07 Å². The molecule has 1 aromatic heterocycles. The van der Waals surface area contributed by atoms with Gasteiger partial charge in [0.2, 0.25) is 5.82 Å². The fourth-order valence-electron chi connectivity index (χ4n) is 4.78. The molecule has 1 saturated heterocycles. The number of benzene rings is 1. The summed E-state index contributed by atoms with van der Waals surface area (Å²) in [6.07, 6.45) is 7.16. The number of hydrogen-bond acceptors (Lipinski definition) is 4. The lowest BCUT2D eigenvalue weighted by molar-refractivity contribution is 0.0680. The third-order valence-corrected chi connectivity index (χ3v) is 7.05. The molecule has 1 N–H and O–H groups in total. The Kier molecular flexibility index (Phi) is 5.73. The van der Waals surface area contributed by atoms with Crippen LogP contribution in [-0.4, -0.2) is 52.6 Å². The highest BCUT2D eigenvalue weighted by molar-refractivity contribution is 7.17. The van der Waals surface area contributed by atoms with E-state index in [0.29, 0.717) is 12.2 Å². The van der Waals surface area contributed by atoms with Crippen LogP contribution in [0, 0.1) is 0 Å². The van der Waals surface area contributed by atoms with Gasteiger partial charge in [-0.15, -0.1) is 0 Å². The van der Waals surface area contributed by atoms with Gasteiger partial charge in [0.15, 0.2) is 0 Å². The fraction of sp³-hybridized carbons (Fsp3) is 0.500. The summed E-state index contributed by atoms with van der Waals surface area (Å²) in [6, 6.07) is 10.3. The van der Waals surface area contributed by atoms with Gasteiger partial charge >= 0.3 is 11.7 Å². The number of rotatable bonds is 5. The Labute approximate surface area is 183 Å². The number of nitrogens with zero attached hydrogens (tertiary/aromatic N) is 4. The van der Waals surface area contributed by atoms with Crippen molar-refractivity contribution in [3.8, 4) is 0 Å². The van der Waals surface area contributed by atoms with Crippen molar-refractivity contribution < 1.29 is 13.6 Å². The molecule has 1 atom stereocenters. The minimum Gasteiger partial charge on any atom is -0.330 e. The zero-order chi connectivity index (χ0) is 22.3. The number of hydrogen-bond donors (Lipinski definition) is 1. The Hall–Kier alpha value is -2.18. The Balaban J connectivity index is 1.47. The van der Waals surface area contributed by atoms with Crippen molar-refractivity contribution in [3.63, 3.8) is 0 Å². The molecule has 9 heteroatoms. The van der Waals surface area contributed by atoms with Crippen LogP contribution in [0.1, 0.15) is 37.1 Å². The van der Waals surface area contributed by atoms with Crippen molar-refractivity contribution in [2.45, 2.75) is 48.8 Å². The Morgan fingerprint density at radius 3 is 2.29 bits per heavy atom. The summed E-state index contributed by atoms with van der Waals surface area (Å²) >= 11 is 0. The molecule has 1 aromatic carbocycles. The predicted molar refractivity (Wildman–Crippen MR) is 119 cm³/mol. The maximum atomic E-state index is 13.4. The summed E-state index contributed by atoms with van der Waals surface area (Å²) in [5, 5.41) is 3.16.